The van der Waals surface area contributed by atoms with E-state index in [9.17, 15) is 23.1 Å². The standard InChI is InChI=1S/C27H31N5O7S/c1-16(2)13-19(30-26(35)23-14-17-7-3-4-9-21(17)38-23)25(34)31-24-20(33)8-5-6-12-32(24)40(36,37)27-18-15-29-39-22(18)10-11-28-27/h3-4,7,9-11,14-16,19-20,24,33H,5-6,8,12-13H2,1-2H3,(H,30,35)(H,31,34)/t19?,20-,24?/m0/s1. The van der Waals surface area contributed by atoms with E-state index in [4.69, 9.17) is 8.94 Å². The normalized spacial score (nSPS) is 19.5. The highest BCUT2D eigenvalue weighted by Gasteiger charge is 2.41. The van der Waals surface area contributed by atoms with Gasteiger partial charge in [0.1, 0.15) is 17.8 Å². The summed E-state index contributed by atoms with van der Waals surface area (Å²) in [5, 5.41) is 20.8. The van der Waals surface area contributed by atoms with Crippen molar-refractivity contribution in [1.82, 2.24) is 25.1 Å². The molecular weight excluding hydrogens is 538 g/mol. The molecule has 1 aliphatic heterocycles. The molecule has 3 N–H and O–H groups in total. The summed E-state index contributed by atoms with van der Waals surface area (Å²) in [6, 6.07) is 9.24. The maximum absolute atomic E-state index is 13.8. The summed E-state index contributed by atoms with van der Waals surface area (Å²) in [7, 11) is -4.29. The van der Waals surface area contributed by atoms with Gasteiger partial charge in [-0.25, -0.2) is 13.4 Å². The Bertz CT molecular complexity index is 1600. The third kappa shape index (κ3) is 5.58. The second kappa shape index (κ2) is 11.4. The van der Waals surface area contributed by atoms with Gasteiger partial charge in [0.15, 0.2) is 16.4 Å². The highest BCUT2D eigenvalue weighted by molar-refractivity contribution is 7.89. The van der Waals surface area contributed by atoms with Crippen LogP contribution in [0, 0.1) is 5.92 Å². The molecule has 0 saturated carbocycles. The number of furan rings is 1. The lowest BCUT2D eigenvalue weighted by atomic mass is 10.0. The molecule has 40 heavy (non-hydrogen) atoms. The fourth-order valence-corrected chi connectivity index (χ4v) is 6.62. The molecule has 1 saturated heterocycles. The summed E-state index contributed by atoms with van der Waals surface area (Å²) in [4.78, 5) is 30.7. The van der Waals surface area contributed by atoms with Crippen LogP contribution in [-0.2, 0) is 14.8 Å². The number of fused-ring (bicyclic) bond motifs is 2. The Labute approximate surface area is 230 Å². The molecule has 4 heterocycles. The third-order valence-electron chi connectivity index (χ3n) is 6.87. The number of carbonyl (C=O) groups excluding carboxylic acids is 2. The number of aliphatic hydroxyl groups is 1. The molecule has 0 spiro atoms. The molecule has 4 aromatic rings. The predicted octanol–water partition coefficient (Wildman–Crippen LogP) is 2.79. The summed E-state index contributed by atoms with van der Waals surface area (Å²) in [5.41, 5.74) is 0.784. The van der Waals surface area contributed by atoms with E-state index >= 15 is 0 Å². The zero-order valence-electron chi connectivity index (χ0n) is 22.1. The number of nitrogens with zero attached hydrogens (tertiary/aromatic N) is 3. The van der Waals surface area contributed by atoms with Gasteiger partial charge in [-0.15, -0.1) is 0 Å². The lowest BCUT2D eigenvalue weighted by Crippen LogP contribution is -2.59. The molecule has 12 nitrogen and oxygen atoms in total. The number of sulfonamides is 1. The van der Waals surface area contributed by atoms with E-state index in [0.717, 1.165) is 9.69 Å². The Morgan fingerprint density at radius 1 is 1.18 bits per heavy atom. The van der Waals surface area contributed by atoms with E-state index in [1.54, 1.807) is 18.2 Å². The minimum absolute atomic E-state index is 0.0148. The first-order valence-electron chi connectivity index (χ1n) is 13.1. The van der Waals surface area contributed by atoms with Gasteiger partial charge < -0.3 is 24.7 Å². The summed E-state index contributed by atoms with van der Waals surface area (Å²) in [6.07, 6.45) is 1.68. The highest BCUT2D eigenvalue weighted by Crippen LogP contribution is 2.28. The number of benzene rings is 1. The number of aliphatic hydroxyl groups excluding tert-OH is 1. The first-order chi connectivity index (χ1) is 19.1. The Hall–Kier alpha value is -3.81. The second-order valence-electron chi connectivity index (χ2n) is 10.3. The van der Waals surface area contributed by atoms with Crippen molar-refractivity contribution in [2.75, 3.05) is 6.54 Å². The van der Waals surface area contributed by atoms with Crippen molar-refractivity contribution >= 4 is 43.8 Å². The van der Waals surface area contributed by atoms with E-state index in [2.05, 4.69) is 20.8 Å². The van der Waals surface area contributed by atoms with Gasteiger partial charge >= 0.3 is 0 Å². The molecule has 1 aromatic carbocycles. The molecule has 3 atom stereocenters. The molecule has 0 radical (unpaired) electrons. The fraction of sp³-hybridized carbons (Fsp3) is 0.407. The molecule has 0 aliphatic carbocycles. The molecule has 212 valence electrons. The van der Waals surface area contributed by atoms with Gasteiger partial charge in [-0.05, 0) is 43.7 Å². The molecule has 2 amide bonds. The second-order valence-corrected chi connectivity index (χ2v) is 12.1. The molecule has 2 unspecified atom stereocenters. The largest absolute Gasteiger partial charge is 0.451 e. The number of para-hydroxylation sites is 1. The van der Waals surface area contributed by atoms with Gasteiger partial charge in [-0.1, -0.05) is 37.2 Å². The first-order valence-corrected chi connectivity index (χ1v) is 14.6. The topological polar surface area (TPSA) is 168 Å². The van der Waals surface area contributed by atoms with Crippen LogP contribution in [0.2, 0.25) is 0 Å². The van der Waals surface area contributed by atoms with Crippen molar-refractivity contribution in [1.29, 1.82) is 0 Å². The average molecular weight is 570 g/mol. The summed E-state index contributed by atoms with van der Waals surface area (Å²) in [6.45, 7) is 3.85. The van der Waals surface area contributed by atoms with E-state index in [0.29, 0.717) is 18.4 Å². The Morgan fingerprint density at radius 2 is 1.98 bits per heavy atom. The van der Waals surface area contributed by atoms with Crippen LogP contribution in [0.5, 0.6) is 0 Å². The zero-order chi connectivity index (χ0) is 28.4. The van der Waals surface area contributed by atoms with Gasteiger partial charge in [0, 0.05) is 24.2 Å². The van der Waals surface area contributed by atoms with Crippen molar-refractivity contribution in [3.8, 4) is 0 Å². The molecule has 1 aliphatic rings. The van der Waals surface area contributed by atoms with Crippen molar-refractivity contribution in [3.05, 3.63) is 54.6 Å². The van der Waals surface area contributed by atoms with E-state index in [1.807, 2.05) is 26.0 Å². The molecule has 0 bridgehead atoms. The first kappa shape index (κ1) is 27.7. The highest BCUT2D eigenvalue weighted by atomic mass is 32.2. The number of rotatable bonds is 8. The smallest absolute Gasteiger partial charge is 0.287 e. The van der Waals surface area contributed by atoms with Crippen LogP contribution in [0.3, 0.4) is 0 Å². The van der Waals surface area contributed by atoms with Crippen LogP contribution in [0.4, 0.5) is 0 Å². The SMILES string of the molecule is CC(C)CC(NC(=O)c1cc2ccccc2o1)C(=O)NC1[C@@H](O)CCCCN1S(=O)(=O)c1nccc2oncc12. The van der Waals surface area contributed by atoms with Crippen molar-refractivity contribution in [2.24, 2.45) is 5.92 Å². The molecule has 13 heteroatoms. The van der Waals surface area contributed by atoms with Crippen LogP contribution < -0.4 is 10.6 Å². The van der Waals surface area contributed by atoms with Crippen LogP contribution in [0.15, 0.2) is 62.8 Å². The van der Waals surface area contributed by atoms with E-state index < -0.39 is 40.1 Å². The number of aromatic nitrogens is 2. The lowest BCUT2D eigenvalue weighted by Gasteiger charge is -2.33. The number of amides is 2. The monoisotopic (exact) mass is 569 g/mol. The van der Waals surface area contributed by atoms with Gasteiger partial charge in [0.2, 0.25) is 5.91 Å². The third-order valence-corrected chi connectivity index (χ3v) is 8.71. The van der Waals surface area contributed by atoms with E-state index in [1.165, 1.54) is 18.5 Å². The maximum Gasteiger partial charge on any atom is 0.287 e. The average Bonchev–Trinajstić information content (AvgIpc) is 3.54. The number of carbonyl (C=O) groups is 2. The molecular formula is C27H31N5O7S. The number of pyridine rings is 1. The van der Waals surface area contributed by atoms with Crippen LogP contribution in [-0.4, -0.2) is 64.6 Å². The Balaban J connectivity index is 1.41. The minimum atomic E-state index is -4.29. The molecule has 1 fully saturated rings. The van der Waals surface area contributed by atoms with Crippen LogP contribution in [0.1, 0.15) is 50.1 Å². The zero-order valence-corrected chi connectivity index (χ0v) is 22.9. The Kier molecular flexibility index (Phi) is 7.88. The minimum Gasteiger partial charge on any atom is -0.451 e. The van der Waals surface area contributed by atoms with Crippen molar-refractivity contribution in [3.63, 3.8) is 0 Å². The predicted molar refractivity (Wildman–Crippen MR) is 144 cm³/mol. The lowest BCUT2D eigenvalue weighted by molar-refractivity contribution is -0.126. The fourth-order valence-electron chi connectivity index (χ4n) is 4.91. The number of hydrogen-bond acceptors (Lipinski definition) is 9. The van der Waals surface area contributed by atoms with Crippen molar-refractivity contribution in [2.45, 2.75) is 62.9 Å². The van der Waals surface area contributed by atoms with Crippen LogP contribution in [0.25, 0.3) is 21.9 Å². The number of hydrogen-bond donors (Lipinski definition) is 3. The maximum atomic E-state index is 13.8. The summed E-state index contributed by atoms with van der Waals surface area (Å²) >= 11 is 0. The molecule has 5 rings (SSSR count). The number of nitrogens with one attached hydrogen (secondary N) is 2. The van der Waals surface area contributed by atoms with Gasteiger partial charge in [-0.2, -0.15) is 4.31 Å². The van der Waals surface area contributed by atoms with Gasteiger partial charge in [-0.3, -0.25) is 9.59 Å². The Morgan fingerprint density at radius 3 is 2.75 bits per heavy atom. The van der Waals surface area contributed by atoms with Gasteiger partial charge in [0.05, 0.1) is 17.7 Å². The summed E-state index contributed by atoms with van der Waals surface area (Å²) in [5.74, 6) is -1.14. The molecule has 3 aromatic heterocycles. The van der Waals surface area contributed by atoms with Crippen LogP contribution >= 0.6 is 0 Å². The van der Waals surface area contributed by atoms with E-state index in [-0.39, 0.29) is 47.1 Å². The summed E-state index contributed by atoms with van der Waals surface area (Å²) < 4.78 is 39.5. The van der Waals surface area contributed by atoms with Gasteiger partial charge in [0.25, 0.3) is 15.9 Å². The van der Waals surface area contributed by atoms with Crippen molar-refractivity contribution < 1.29 is 32.1 Å². The quantitative estimate of drug-likeness (QED) is 0.289.